The second-order valence-corrected chi connectivity index (χ2v) is 6.05. The SMILES string of the molecule is O=[C]CSc1ncnc2sc3c(c12)CCCC3. The minimum atomic E-state index is 0.344. The standard InChI is InChI=1S/C12H11N2OS2/c15-5-6-16-11-10-8-3-1-2-4-9(8)17-12(10)14-7-13-11/h7H,1-4,6H2. The van der Waals surface area contributed by atoms with E-state index in [1.165, 1.54) is 46.9 Å². The molecule has 0 aromatic carbocycles. The Bertz CT molecular complexity index is 565. The van der Waals surface area contributed by atoms with Crippen LogP contribution in [0.25, 0.3) is 10.2 Å². The smallest absolute Gasteiger partial charge is 0.209 e. The van der Waals surface area contributed by atoms with Crippen LogP contribution in [0.2, 0.25) is 0 Å². The molecule has 0 atom stereocenters. The molecule has 0 aliphatic heterocycles. The van der Waals surface area contributed by atoms with Crippen molar-refractivity contribution in [2.45, 2.75) is 30.7 Å². The summed E-state index contributed by atoms with van der Waals surface area (Å²) in [6.07, 6.45) is 8.32. The van der Waals surface area contributed by atoms with Crippen LogP contribution in [0, 0.1) is 0 Å². The fourth-order valence-corrected chi connectivity index (χ4v) is 4.24. The molecule has 17 heavy (non-hydrogen) atoms. The van der Waals surface area contributed by atoms with Gasteiger partial charge in [-0.2, -0.15) is 0 Å². The number of carbonyl (C=O) groups excluding carboxylic acids is 1. The van der Waals surface area contributed by atoms with Crippen LogP contribution < -0.4 is 0 Å². The molecule has 0 saturated carbocycles. The molecule has 2 heterocycles. The Kier molecular flexibility index (Phi) is 3.11. The highest BCUT2D eigenvalue weighted by Crippen LogP contribution is 2.38. The predicted molar refractivity (Wildman–Crippen MR) is 70.5 cm³/mol. The maximum absolute atomic E-state index is 10.4. The van der Waals surface area contributed by atoms with Gasteiger partial charge in [0.15, 0.2) is 0 Å². The lowest BCUT2D eigenvalue weighted by molar-refractivity contribution is 0.560. The van der Waals surface area contributed by atoms with Gasteiger partial charge in [0.2, 0.25) is 6.29 Å². The minimum absolute atomic E-state index is 0.344. The number of rotatable bonds is 3. The van der Waals surface area contributed by atoms with E-state index >= 15 is 0 Å². The molecule has 1 radical (unpaired) electrons. The van der Waals surface area contributed by atoms with Gasteiger partial charge in [-0.3, -0.25) is 4.79 Å². The van der Waals surface area contributed by atoms with Crippen LogP contribution in [0.4, 0.5) is 0 Å². The lowest BCUT2D eigenvalue weighted by Crippen LogP contribution is -1.99. The first kappa shape index (κ1) is 11.2. The van der Waals surface area contributed by atoms with E-state index in [0.29, 0.717) is 5.75 Å². The number of thiophene rings is 1. The molecule has 5 heteroatoms. The third-order valence-electron chi connectivity index (χ3n) is 2.98. The first-order valence-electron chi connectivity index (χ1n) is 5.63. The molecule has 3 nitrogen and oxygen atoms in total. The topological polar surface area (TPSA) is 42.9 Å². The Morgan fingerprint density at radius 1 is 1.35 bits per heavy atom. The van der Waals surface area contributed by atoms with Crippen LogP contribution in [-0.2, 0) is 17.6 Å². The first-order chi connectivity index (χ1) is 8.40. The fraction of sp³-hybridized carbons (Fsp3) is 0.417. The molecule has 0 fully saturated rings. The van der Waals surface area contributed by atoms with E-state index in [-0.39, 0.29) is 0 Å². The fourth-order valence-electron chi connectivity index (χ4n) is 2.27. The van der Waals surface area contributed by atoms with Gasteiger partial charge in [0.05, 0.1) is 5.75 Å². The zero-order chi connectivity index (χ0) is 11.7. The highest BCUT2D eigenvalue weighted by Gasteiger charge is 2.19. The molecule has 2 aromatic heterocycles. The lowest BCUT2D eigenvalue weighted by Gasteiger charge is -2.10. The normalized spacial score (nSPS) is 14.8. The molecule has 0 N–H and O–H groups in total. The van der Waals surface area contributed by atoms with Gasteiger partial charge >= 0.3 is 0 Å². The zero-order valence-electron chi connectivity index (χ0n) is 9.23. The molecule has 87 valence electrons. The van der Waals surface area contributed by atoms with E-state index < -0.39 is 0 Å². The maximum Gasteiger partial charge on any atom is 0.209 e. The van der Waals surface area contributed by atoms with Crippen molar-refractivity contribution in [2.24, 2.45) is 0 Å². The van der Waals surface area contributed by atoms with E-state index in [1.54, 1.807) is 17.7 Å². The molecule has 2 aromatic rings. The average Bonchev–Trinajstić information content (AvgIpc) is 2.75. The van der Waals surface area contributed by atoms with Crippen LogP contribution in [0.5, 0.6) is 0 Å². The van der Waals surface area contributed by atoms with Crippen molar-refractivity contribution in [1.29, 1.82) is 0 Å². The van der Waals surface area contributed by atoms with Gasteiger partial charge in [-0.25, -0.2) is 9.97 Å². The van der Waals surface area contributed by atoms with Gasteiger partial charge in [-0.15, -0.1) is 11.3 Å². The first-order valence-corrected chi connectivity index (χ1v) is 7.43. The van der Waals surface area contributed by atoms with Crippen LogP contribution in [0.15, 0.2) is 11.4 Å². The summed E-state index contributed by atoms with van der Waals surface area (Å²) in [5.41, 5.74) is 1.42. The molecule has 0 spiro atoms. The molecule has 0 bridgehead atoms. The number of hydrogen-bond donors (Lipinski definition) is 0. The number of aryl methyl sites for hydroxylation is 2. The maximum atomic E-state index is 10.4. The zero-order valence-corrected chi connectivity index (χ0v) is 10.9. The van der Waals surface area contributed by atoms with Gasteiger partial charge in [0.25, 0.3) is 0 Å². The van der Waals surface area contributed by atoms with E-state index in [4.69, 9.17) is 0 Å². The Hall–Kier alpha value is -0.940. The Morgan fingerprint density at radius 3 is 3.12 bits per heavy atom. The van der Waals surface area contributed by atoms with Crippen molar-refractivity contribution in [2.75, 3.05) is 5.75 Å². The Balaban J connectivity index is 2.15. The highest BCUT2D eigenvalue weighted by molar-refractivity contribution is 8.00. The second-order valence-electron chi connectivity index (χ2n) is 4.00. The van der Waals surface area contributed by atoms with Crippen molar-refractivity contribution >= 4 is 39.6 Å². The third kappa shape index (κ3) is 1.98. The van der Waals surface area contributed by atoms with Crippen molar-refractivity contribution in [1.82, 2.24) is 9.97 Å². The summed E-state index contributed by atoms with van der Waals surface area (Å²) in [5.74, 6) is 0.344. The van der Waals surface area contributed by atoms with Gasteiger partial charge < -0.3 is 0 Å². The van der Waals surface area contributed by atoms with Gasteiger partial charge in [-0.1, -0.05) is 11.8 Å². The number of nitrogens with zero attached hydrogens (tertiary/aromatic N) is 2. The lowest BCUT2D eigenvalue weighted by atomic mass is 9.97. The largest absolute Gasteiger partial charge is 0.290 e. The number of hydrogen-bond acceptors (Lipinski definition) is 5. The van der Waals surface area contributed by atoms with Gasteiger partial charge in [0.1, 0.15) is 16.2 Å². The minimum Gasteiger partial charge on any atom is -0.290 e. The molecule has 0 saturated heterocycles. The van der Waals surface area contributed by atoms with E-state index in [2.05, 4.69) is 9.97 Å². The van der Waals surface area contributed by atoms with Crippen molar-refractivity contribution < 1.29 is 4.79 Å². The summed E-state index contributed by atoms with van der Waals surface area (Å²) in [6, 6.07) is 0. The number of fused-ring (bicyclic) bond motifs is 3. The number of aromatic nitrogens is 2. The number of thioether (sulfide) groups is 1. The molecule has 0 amide bonds. The van der Waals surface area contributed by atoms with E-state index in [1.807, 2.05) is 6.29 Å². The third-order valence-corrected chi connectivity index (χ3v) is 5.03. The van der Waals surface area contributed by atoms with Crippen LogP contribution in [-0.4, -0.2) is 22.0 Å². The Morgan fingerprint density at radius 2 is 2.24 bits per heavy atom. The summed E-state index contributed by atoms with van der Waals surface area (Å²) in [5, 5.41) is 2.13. The summed E-state index contributed by atoms with van der Waals surface area (Å²) in [6.45, 7) is 0. The molecule has 0 unspecified atom stereocenters. The van der Waals surface area contributed by atoms with Gasteiger partial charge in [0, 0.05) is 10.3 Å². The van der Waals surface area contributed by atoms with Crippen molar-refractivity contribution in [3.63, 3.8) is 0 Å². The Labute approximate surface area is 108 Å². The van der Waals surface area contributed by atoms with E-state index in [0.717, 1.165) is 16.3 Å². The van der Waals surface area contributed by atoms with E-state index in [9.17, 15) is 4.79 Å². The monoisotopic (exact) mass is 263 g/mol. The predicted octanol–water partition coefficient (Wildman–Crippen LogP) is 2.77. The molecule has 1 aliphatic rings. The van der Waals surface area contributed by atoms with Crippen LogP contribution >= 0.6 is 23.1 Å². The average molecular weight is 263 g/mol. The molecular formula is C12H11N2OS2. The van der Waals surface area contributed by atoms with Crippen LogP contribution in [0.1, 0.15) is 23.3 Å². The van der Waals surface area contributed by atoms with Crippen LogP contribution in [0.3, 0.4) is 0 Å². The molecule has 3 rings (SSSR count). The molecular weight excluding hydrogens is 252 g/mol. The summed E-state index contributed by atoms with van der Waals surface area (Å²) >= 11 is 3.24. The quantitative estimate of drug-likeness (QED) is 0.631. The van der Waals surface area contributed by atoms with Gasteiger partial charge in [-0.05, 0) is 31.2 Å². The summed E-state index contributed by atoms with van der Waals surface area (Å²) in [7, 11) is 0. The van der Waals surface area contributed by atoms with Crippen molar-refractivity contribution in [3.8, 4) is 0 Å². The van der Waals surface area contributed by atoms with Crippen molar-refractivity contribution in [3.05, 3.63) is 16.8 Å². The summed E-state index contributed by atoms with van der Waals surface area (Å²) in [4.78, 5) is 21.5. The highest BCUT2D eigenvalue weighted by atomic mass is 32.2. The molecule has 1 aliphatic carbocycles. The second kappa shape index (κ2) is 4.74. The summed E-state index contributed by atoms with van der Waals surface area (Å²) < 4.78 is 0.